The van der Waals surface area contributed by atoms with E-state index >= 15 is 0 Å². The fraction of sp³-hybridized carbons (Fsp3) is 0.316. The minimum absolute atomic E-state index is 0.0738. The number of aryl methyl sites for hydroxylation is 2. The number of anilines is 1. The lowest BCUT2D eigenvalue weighted by Crippen LogP contribution is -2.10. The van der Waals surface area contributed by atoms with Gasteiger partial charge in [0.1, 0.15) is 5.69 Å². The maximum absolute atomic E-state index is 12.7. The molecule has 3 aromatic rings. The first-order valence-electron chi connectivity index (χ1n) is 8.69. The van der Waals surface area contributed by atoms with Crippen molar-refractivity contribution in [1.29, 1.82) is 0 Å². The summed E-state index contributed by atoms with van der Waals surface area (Å²) >= 11 is 1.63. The molecule has 3 aromatic heterocycles. The molecule has 25 heavy (non-hydrogen) atoms. The SMILES string of the molecule is O=C(Nc1cn[nH]c1-c1ccccn1)c1cc2c(s1)CCCCCC2. The molecule has 0 atom stereocenters. The summed E-state index contributed by atoms with van der Waals surface area (Å²) < 4.78 is 0. The van der Waals surface area contributed by atoms with Crippen molar-refractivity contribution in [2.45, 2.75) is 38.5 Å². The number of pyridine rings is 1. The molecule has 0 unspecified atom stereocenters. The van der Waals surface area contributed by atoms with Gasteiger partial charge < -0.3 is 5.32 Å². The first-order chi connectivity index (χ1) is 12.3. The van der Waals surface area contributed by atoms with E-state index in [4.69, 9.17) is 0 Å². The van der Waals surface area contributed by atoms with E-state index in [-0.39, 0.29) is 5.91 Å². The molecule has 6 heteroatoms. The van der Waals surface area contributed by atoms with Gasteiger partial charge in [-0.05, 0) is 49.4 Å². The van der Waals surface area contributed by atoms with Gasteiger partial charge in [0, 0.05) is 11.1 Å². The molecule has 0 radical (unpaired) electrons. The second-order valence-corrected chi connectivity index (χ2v) is 7.44. The average molecular weight is 352 g/mol. The van der Waals surface area contributed by atoms with Crippen LogP contribution in [0.15, 0.2) is 36.7 Å². The van der Waals surface area contributed by atoms with Gasteiger partial charge >= 0.3 is 0 Å². The fourth-order valence-electron chi connectivity index (χ4n) is 3.23. The molecule has 3 heterocycles. The van der Waals surface area contributed by atoms with Gasteiger partial charge in [0.25, 0.3) is 5.91 Å². The third-order valence-corrected chi connectivity index (χ3v) is 5.76. The number of rotatable bonds is 3. The van der Waals surface area contributed by atoms with E-state index in [0.29, 0.717) is 5.69 Å². The molecule has 0 bridgehead atoms. The van der Waals surface area contributed by atoms with Crippen LogP contribution in [0.25, 0.3) is 11.4 Å². The van der Waals surface area contributed by atoms with Crippen LogP contribution in [0, 0.1) is 0 Å². The van der Waals surface area contributed by atoms with E-state index in [1.54, 1.807) is 23.7 Å². The van der Waals surface area contributed by atoms with Crippen molar-refractivity contribution < 1.29 is 4.79 Å². The molecule has 0 aliphatic heterocycles. The third-order valence-electron chi connectivity index (χ3n) is 4.53. The minimum atomic E-state index is -0.0738. The highest BCUT2D eigenvalue weighted by molar-refractivity contribution is 7.14. The number of carbonyl (C=O) groups is 1. The number of hydrogen-bond donors (Lipinski definition) is 2. The number of aromatic nitrogens is 3. The van der Waals surface area contributed by atoms with Crippen molar-refractivity contribution in [2.24, 2.45) is 0 Å². The fourth-order valence-corrected chi connectivity index (χ4v) is 4.38. The summed E-state index contributed by atoms with van der Waals surface area (Å²) in [5.41, 5.74) is 3.49. The molecule has 0 saturated carbocycles. The van der Waals surface area contributed by atoms with Gasteiger partial charge in [-0.3, -0.25) is 14.9 Å². The van der Waals surface area contributed by atoms with Crippen molar-refractivity contribution in [3.05, 3.63) is 52.0 Å². The number of carbonyl (C=O) groups excluding carboxylic acids is 1. The maximum atomic E-state index is 12.7. The lowest BCUT2D eigenvalue weighted by atomic mass is 10.00. The van der Waals surface area contributed by atoms with Gasteiger partial charge in [0.05, 0.1) is 22.5 Å². The third kappa shape index (κ3) is 3.49. The molecule has 0 saturated heterocycles. The molecule has 1 aliphatic carbocycles. The molecule has 0 aromatic carbocycles. The summed E-state index contributed by atoms with van der Waals surface area (Å²) in [5, 5.41) is 9.96. The second-order valence-electron chi connectivity index (χ2n) is 6.30. The Bertz CT molecular complexity index is 843. The van der Waals surface area contributed by atoms with Gasteiger partial charge in [-0.25, -0.2) is 0 Å². The number of amides is 1. The Morgan fingerprint density at radius 3 is 2.88 bits per heavy atom. The van der Waals surface area contributed by atoms with Crippen LogP contribution in [0.2, 0.25) is 0 Å². The van der Waals surface area contributed by atoms with Crippen LogP contribution >= 0.6 is 11.3 Å². The maximum Gasteiger partial charge on any atom is 0.265 e. The first-order valence-corrected chi connectivity index (χ1v) is 9.50. The highest BCUT2D eigenvalue weighted by atomic mass is 32.1. The Labute approximate surface area is 150 Å². The van der Waals surface area contributed by atoms with Crippen LogP contribution in [0.5, 0.6) is 0 Å². The van der Waals surface area contributed by atoms with Crippen molar-refractivity contribution in [2.75, 3.05) is 5.32 Å². The minimum Gasteiger partial charge on any atom is -0.318 e. The first kappa shape index (κ1) is 16.0. The Morgan fingerprint density at radius 1 is 1.16 bits per heavy atom. The Morgan fingerprint density at radius 2 is 2.04 bits per heavy atom. The van der Waals surface area contributed by atoms with Gasteiger partial charge in [-0.15, -0.1) is 11.3 Å². The molecular formula is C19H20N4OS. The number of H-pyrrole nitrogens is 1. The number of fused-ring (bicyclic) bond motifs is 1. The molecular weight excluding hydrogens is 332 g/mol. The van der Waals surface area contributed by atoms with E-state index in [0.717, 1.165) is 29.1 Å². The predicted molar refractivity (Wildman–Crippen MR) is 100.0 cm³/mol. The van der Waals surface area contributed by atoms with Gasteiger partial charge in [0.2, 0.25) is 0 Å². The monoisotopic (exact) mass is 352 g/mol. The van der Waals surface area contributed by atoms with Crippen molar-refractivity contribution in [1.82, 2.24) is 15.2 Å². The average Bonchev–Trinajstić information content (AvgIpc) is 3.23. The molecule has 0 fully saturated rings. The number of nitrogens with one attached hydrogen (secondary N) is 2. The highest BCUT2D eigenvalue weighted by Gasteiger charge is 2.18. The van der Waals surface area contributed by atoms with Crippen LogP contribution in [0.3, 0.4) is 0 Å². The molecule has 1 aliphatic rings. The Hall–Kier alpha value is -2.47. The topological polar surface area (TPSA) is 70.7 Å². The van der Waals surface area contributed by atoms with E-state index in [1.807, 2.05) is 18.2 Å². The zero-order valence-electron chi connectivity index (χ0n) is 13.9. The summed E-state index contributed by atoms with van der Waals surface area (Å²) in [6, 6.07) is 7.73. The zero-order chi connectivity index (χ0) is 17.1. The number of nitrogens with zero attached hydrogens (tertiary/aromatic N) is 2. The standard InChI is InChI=1S/C19H20N4OS/c24-19(17-11-13-7-3-1-2-4-9-16(13)25-17)22-15-12-21-23-18(15)14-8-5-6-10-20-14/h5-6,8,10-12H,1-4,7,9H2,(H,21,23)(H,22,24). The van der Waals surface area contributed by atoms with E-state index in [1.165, 1.54) is 36.1 Å². The van der Waals surface area contributed by atoms with Gasteiger partial charge in [-0.2, -0.15) is 5.10 Å². The number of aromatic amines is 1. The summed E-state index contributed by atoms with van der Waals surface area (Å²) in [7, 11) is 0. The molecule has 1 amide bonds. The summed E-state index contributed by atoms with van der Waals surface area (Å²) in [5.74, 6) is -0.0738. The van der Waals surface area contributed by atoms with E-state index < -0.39 is 0 Å². The quantitative estimate of drug-likeness (QED) is 0.732. The molecule has 0 spiro atoms. The zero-order valence-corrected chi connectivity index (χ0v) is 14.7. The van der Waals surface area contributed by atoms with Crippen molar-refractivity contribution >= 4 is 22.9 Å². The van der Waals surface area contributed by atoms with Crippen molar-refractivity contribution in [3.8, 4) is 11.4 Å². The highest BCUT2D eigenvalue weighted by Crippen LogP contribution is 2.30. The van der Waals surface area contributed by atoms with Crippen LogP contribution in [-0.4, -0.2) is 21.1 Å². The van der Waals surface area contributed by atoms with E-state index in [9.17, 15) is 4.79 Å². The lowest BCUT2D eigenvalue weighted by molar-refractivity contribution is 0.103. The van der Waals surface area contributed by atoms with Crippen molar-refractivity contribution in [3.63, 3.8) is 0 Å². The van der Waals surface area contributed by atoms with Crippen LogP contribution < -0.4 is 5.32 Å². The van der Waals surface area contributed by atoms with E-state index in [2.05, 4.69) is 26.6 Å². The number of thiophene rings is 1. The van der Waals surface area contributed by atoms with Crippen LogP contribution in [0.1, 0.15) is 45.8 Å². The summed E-state index contributed by atoms with van der Waals surface area (Å²) in [6.07, 6.45) is 10.6. The normalized spacial score (nSPS) is 14.4. The van der Waals surface area contributed by atoms with Crippen LogP contribution in [0.4, 0.5) is 5.69 Å². The smallest absolute Gasteiger partial charge is 0.265 e. The molecule has 4 rings (SSSR count). The molecule has 128 valence electrons. The lowest BCUT2D eigenvalue weighted by Gasteiger charge is -2.07. The Balaban J connectivity index is 1.55. The summed E-state index contributed by atoms with van der Waals surface area (Å²) in [4.78, 5) is 19.2. The Kier molecular flexibility index (Phi) is 4.61. The summed E-state index contributed by atoms with van der Waals surface area (Å²) in [6.45, 7) is 0. The molecule has 5 nitrogen and oxygen atoms in total. The number of hydrogen-bond acceptors (Lipinski definition) is 4. The second kappa shape index (κ2) is 7.19. The molecule has 2 N–H and O–H groups in total. The van der Waals surface area contributed by atoms with Crippen LogP contribution in [-0.2, 0) is 12.8 Å². The predicted octanol–water partition coefficient (Wildman–Crippen LogP) is 4.44. The largest absolute Gasteiger partial charge is 0.318 e. The van der Waals surface area contributed by atoms with Gasteiger partial charge in [-0.1, -0.05) is 18.9 Å². The van der Waals surface area contributed by atoms with Gasteiger partial charge in [0.15, 0.2) is 0 Å².